The van der Waals surface area contributed by atoms with Gasteiger partial charge >= 0.3 is 6.09 Å². The van der Waals surface area contributed by atoms with E-state index in [-0.39, 0.29) is 12.3 Å². The third kappa shape index (κ3) is 3.12. The Morgan fingerprint density at radius 3 is 2.95 bits per heavy atom. The van der Waals surface area contributed by atoms with Crippen LogP contribution in [-0.2, 0) is 9.53 Å². The Bertz CT molecular complexity index is 378. The van der Waals surface area contributed by atoms with Crippen LogP contribution >= 0.6 is 0 Å². The molecular weight excluding hydrogens is 260 g/mol. The molecule has 2 aliphatic rings. The molecule has 2 rings (SSSR count). The number of piperidine rings is 1. The number of carbonyl (C=O) groups excluding carboxylic acids is 2. The van der Waals surface area contributed by atoms with E-state index in [0.717, 1.165) is 0 Å². The van der Waals surface area contributed by atoms with Gasteiger partial charge in [0.05, 0.1) is 25.7 Å². The first-order valence-corrected chi connectivity index (χ1v) is 6.15. The molecule has 0 unspecified atom stereocenters. The van der Waals surface area contributed by atoms with Crippen molar-refractivity contribution >= 4 is 12.0 Å². The molecule has 0 bridgehead atoms. The zero-order chi connectivity index (χ0) is 14.0. The number of likely N-dealkylation sites (tertiary alicyclic amines) is 1. The van der Waals surface area contributed by atoms with Crippen molar-refractivity contribution in [3.8, 4) is 0 Å². The van der Waals surface area contributed by atoms with Crippen LogP contribution in [0.4, 0.5) is 13.6 Å². The van der Waals surface area contributed by atoms with Crippen molar-refractivity contribution in [2.75, 3.05) is 26.7 Å². The second kappa shape index (κ2) is 5.28. The number of alkyl carbamates (subject to hydrolysis) is 1. The molecular formula is C11H17F2N3O3. The zero-order valence-electron chi connectivity index (χ0n) is 10.6. The minimum Gasteiger partial charge on any atom is -0.453 e. The molecule has 0 aromatic rings. The average molecular weight is 277 g/mol. The lowest BCUT2D eigenvalue weighted by molar-refractivity contribution is -0.150. The van der Waals surface area contributed by atoms with Gasteiger partial charge in [-0.25, -0.2) is 13.6 Å². The maximum absolute atomic E-state index is 13.4. The fourth-order valence-corrected chi connectivity index (χ4v) is 2.50. The fourth-order valence-electron chi connectivity index (χ4n) is 2.50. The van der Waals surface area contributed by atoms with Crippen LogP contribution in [-0.4, -0.2) is 61.7 Å². The molecule has 0 aliphatic carbocycles. The van der Waals surface area contributed by atoms with Crippen molar-refractivity contribution in [1.82, 2.24) is 15.5 Å². The number of rotatable bonds is 2. The molecule has 2 amide bonds. The summed E-state index contributed by atoms with van der Waals surface area (Å²) in [6.07, 6.45) is -1.19. The van der Waals surface area contributed by atoms with E-state index in [1.807, 2.05) is 0 Å². The van der Waals surface area contributed by atoms with Crippen LogP contribution < -0.4 is 10.6 Å². The Labute approximate surface area is 109 Å². The van der Waals surface area contributed by atoms with Gasteiger partial charge in [-0.1, -0.05) is 0 Å². The molecule has 8 heteroatoms. The van der Waals surface area contributed by atoms with Gasteiger partial charge in [-0.15, -0.1) is 0 Å². The van der Waals surface area contributed by atoms with Crippen molar-refractivity contribution in [2.24, 2.45) is 0 Å². The molecule has 0 spiro atoms. The highest BCUT2D eigenvalue weighted by atomic mass is 19.3. The molecule has 19 heavy (non-hydrogen) atoms. The molecule has 2 aliphatic heterocycles. The first-order chi connectivity index (χ1) is 8.93. The van der Waals surface area contributed by atoms with Gasteiger partial charge in [-0.2, -0.15) is 0 Å². The molecule has 6 nitrogen and oxygen atoms in total. The molecule has 0 saturated carbocycles. The van der Waals surface area contributed by atoms with Crippen LogP contribution in [0.1, 0.15) is 12.8 Å². The number of nitrogens with one attached hydrogen (secondary N) is 2. The van der Waals surface area contributed by atoms with Gasteiger partial charge in [-0.05, 0) is 0 Å². The summed E-state index contributed by atoms with van der Waals surface area (Å²) in [5.41, 5.74) is 0. The van der Waals surface area contributed by atoms with E-state index in [9.17, 15) is 18.4 Å². The second-order valence-electron chi connectivity index (χ2n) is 4.85. The van der Waals surface area contributed by atoms with Gasteiger partial charge in [0.1, 0.15) is 0 Å². The third-order valence-corrected chi connectivity index (χ3v) is 3.50. The van der Waals surface area contributed by atoms with E-state index in [1.54, 1.807) is 0 Å². The first-order valence-electron chi connectivity index (χ1n) is 6.15. The van der Waals surface area contributed by atoms with E-state index in [1.165, 1.54) is 12.0 Å². The predicted molar refractivity (Wildman–Crippen MR) is 61.9 cm³/mol. The van der Waals surface area contributed by atoms with Crippen molar-refractivity contribution < 1.29 is 23.1 Å². The summed E-state index contributed by atoms with van der Waals surface area (Å²) < 4.78 is 31.3. The highest BCUT2D eigenvalue weighted by Gasteiger charge is 2.45. The molecule has 2 heterocycles. The van der Waals surface area contributed by atoms with Gasteiger partial charge in [0.2, 0.25) is 5.91 Å². The van der Waals surface area contributed by atoms with Crippen molar-refractivity contribution in [3.05, 3.63) is 0 Å². The van der Waals surface area contributed by atoms with Crippen LogP contribution in [0.3, 0.4) is 0 Å². The first kappa shape index (κ1) is 14.0. The summed E-state index contributed by atoms with van der Waals surface area (Å²) in [7, 11) is 1.23. The maximum Gasteiger partial charge on any atom is 0.407 e. The molecule has 2 N–H and O–H groups in total. The highest BCUT2D eigenvalue weighted by Crippen LogP contribution is 2.29. The van der Waals surface area contributed by atoms with Crippen LogP contribution in [0.2, 0.25) is 0 Å². The number of carbonyl (C=O) groups is 2. The van der Waals surface area contributed by atoms with Gasteiger partial charge in [-0.3, -0.25) is 4.79 Å². The van der Waals surface area contributed by atoms with Gasteiger partial charge in [0.15, 0.2) is 0 Å². The third-order valence-electron chi connectivity index (χ3n) is 3.50. The summed E-state index contributed by atoms with van der Waals surface area (Å²) in [4.78, 5) is 24.2. The molecule has 108 valence electrons. The monoisotopic (exact) mass is 277 g/mol. The molecule has 2 fully saturated rings. The summed E-state index contributed by atoms with van der Waals surface area (Å²) in [6, 6.07) is -0.872. The number of amides is 2. The predicted octanol–water partition coefficient (Wildman–Crippen LogP) is -0.0595. The normalized spacial score (nSPS) is 30.3. The molecule has 0 aromatic heterocycles. The van der Waals surface area contributed by atoms with E-state index >= 15 is 0 Å². The van der Waals surface area contributed by atoms with Crippen molar-refractivity contribution in [3.63, 3.8) is 0 Å². The van der Waals surface area contributed by atoms with Gasteiger partial charge in [0.25, 0.3) is 5.92 Å². The summed E-state index contributed by atoms with van der Waals surface area (Å²) >= 11 is 0. The Hall–Kier alpha value is -1.44. The number of nitrogens with zero attached hydrogens (tertiary/aromatic N) is 1. The standard InChI is InChI=1S/C11H17F2N3O3/c1-19-10(18)15-7-4-14-5-8(7)16-6-11(12,13)3-2-9(16)17/h7-8,14H,2-6H2,1H3,(H,15,18)/t7-,8+/m0/s1. The average Bonchev–Trinajstić information content (AvgIpc) is 2.80. The number of hydrogen-bond acceptors (Lipinski definition) is 4. The van der Waals surface area contributed by atoms with Crippen molar-refractivity contribution in [2.45, 2.75) is 30.8 Å². The highest BCUT2D eigenvalue weighted by molar-refractivity contribution is 5.78. The number of alkyl halides is 2. The fraction of sp³-hybridized carbons (Fsp3) is 0.818. The SMILES string of the molecule is COC(=O)N[C@H]1CNC[C@H]1N1CC(F)(F)CCC1=O. The minimum absolute atomic E-state index is 0.158. The number of hydrogen-bond donors (Lipinski definition) is 2. The lowest BCUT2D eigenvalue weighted by Gasteiger charge is -2.38. The Kier molecular flexibility index (Phi) is 3.88. The second-order valence-corrected chi connectivity index (χ2v) is 4.85. The largest absolute Gasteiger partial charge is 0.453 e. The summed E-state index contributed by atoms with van der Waals surface area (Å²) in [5.74, 6) is -3.15. The lowest BCUT2D eigenvalue weighted by Crippen LogP contribution is -2.58. The Morgan fingerprint density at radius 1 is 1.53 bits per heavy atom. The topological polar surface area (TPSA) is 70.7 Å². The number of halogens is 2. The quantitative estimate of drug-likeness (QED) is 0.742. The van der Waals surface area contributed by atoms with E-state index in [2.05, 4.69) is 15.4 Å². The zero-order valence-corrected chi connectivity index (χ0v) is 10.6. The number of methoxy groups -OCH3 is 1. The van der Waals surface area contributed by atoms with E-state index < -0.39 is 37.1 Å². The van der Waals surface area contributed by atoms with Gasteiger partial charge in [0, 0.05) is 25.9 Å². The molecule has 2 atom stereocenters. The van der Waals surface area contributed by atoms with Crippen LogP contribution in [0.25, 0.3) is 0 Å². The van der Waals surface area contributed by atoms with Crippen LogP contribution in [0.5, 0.6) is 0 Å². The molecule has 0 radical (unpaired) electrons. The lowest BCUT2D eigenvalue weighted by atomic mass is 10.0. The molecule has 2 saturated heterocycles. The van der Waals surface area contributed by atoms with Crippen molar-refractivity contribution in [1.29, 1.82) is 0 Å². The minimum atomic E-state index is -2.85. The molecule has 0 aromatic carbocycles. The smallest absolute Gasteiger partial charge is 0.407 e. The Balaban J connectivity index is 2.06. The van der Waals surface area contributed by atoms with Crippen LogP contribution in [0, 0.1) is 0 Å². The van der Waals surface area contributed by atoms with Gasteiger partial charge < -0.3 is 20.3 Å². The van der Waals surface area contributed by atoms with E-state index in [4.69, 9.17) is 0 Å². The number of ether oxygens (including phenoxy) is 1. The van der Waals surface area contributed by atoms with E-state index in [0.29, 0.717) is 13.1 Å². The maximum atomic E-state index is 13.4. The summed E-state index contributed by atoms with van der Waals surface area (Å²) in [6.45, 7) is 0.225. The summed E-state index contributed by atoms with van der Waals surface area (Å²) in [5, 5.41) is 5.55. The Morgan fingerprint density at radius 2 is 2.26 bits per heavy atom. The van der Waals surface area contributed by atoms with Crippen LogP contribution in [0.15, 0.2) is 0 Å².